The third kappa shape index (κ3) is 10.7. The molecule has 0 aliphatic rings. The van der Waals surface area contributed by atoms with E-state index >= 15 is 0 Å². The minimum Gasteiger partial charge on any atom is -0.0961 e. The van der Waals surface area contributed by atoms with Crippen LogP contribution < -0.4 is 0 Å². The van der Waals surface area contributed by atoms with Crippen molar-refractivity contribution in [3.63, 3.8) is 0 Å². The van der Waals surface area contributed by atoms with Gasteiger partial charge < -0.3 is 0 Å². The van der Waals surface area contributed by atoms with E-state index in [4.69, 9.17) is 0 Å². The molecule has 0 heterocycles. The van der Waals surface area contributed by atoms with Gasteiger partial charge in [-0.05, 0) is 37.3 Å². The molecule has 0 aliphatic heterocycles. The zero-order chi connectivity index (χ0) is 17.1. The standard InChI is InChI=1S/C22H30/c1-17(2)9-11-19(5)12-13-20(6)14-16-22(8)21(7)15-10-18(3)4/h9,11,14,16,18,21H,1,5-6,8,10,15H2,2-4,7H3/b11-9-,16-14-. The molecule has 1 atom stereocenters. The smallest absolute Gasteiger partial charge is 0.0177 e. The van der Waals surface area contributed by atoms with Crippen molar-refractivity contribution in [2.75, 3.05) is 0 Å². The SMILES string of the molecule is C=C(C)/C=C\C(=C)C#CC(=C)/C=C\C(=C)C(C)CCC(C)C. The fourth-order valence-electron chi connectivity index (χ4n) is 1.63. The van der Waals surface area contributed by atoms with E-state index < -0.39 is 0 Å². The normalized spacial score (nSPS) is 12.2. The van der Waals surface area contributed by atoms with Crippen molar-refractivity contribution in [2.24, 2.45) is 11.8 Å². The molecule has 0 bridgehead atoms. The molecular weight excluding hydrogens is 264 g/mol. The van der Waals surface area contributed by atoms with Gasteiger partial charge in [0.25, 0.3) is 0 Å². The van der Waals surface area contributed by atoms with Crippen molar-refractivity contribution < 1.29 is 0 Å². The average molecular weight is 294 g/mol. The molecule has 118 valence electrons. The maximum absolute atomic E-state index is 4.13. The van der Waals surface area contributed by atoms with E-state index in [-0.39, 0.29) is 0 Å². The van der Waals surface area contributed by atoms with Crippen molar-refractivity contribution in [2.45, 2.75) is 40.5 Å². The lowest BCUT2D eigenvalue weighted by Crippen LogP contribution is -1.99. The Labute approximate surface area is 137 Å². The molecule has 0 heteroatoms. The molecular formula is C22H30. The summed E-state index contributed by atoms with van der Waals surface area (Å²) in [5, 5.41) is 0. The van der Waals surface area contributed by atoms with Crippen LogP contribution in [0.4, 0.5) is 0 Å². The topological polar surface area (TPSA) is 0 Å². The van der Waals surface area contributed by atoms with Gasteiger partial charge in [-0.3, -0.25) is 0 Å². The number of hydrogen-bond donors (Lipinski definition) is 0. The van der Waals surface area contributed by atoms with E-state index in [1.54, 1.807) is 0 Å². The summed E-state index contributed by atoms with van der Waals surface area (Å²) in [6.45, 7) is 24.4. The highest BCUT2D eigenvalue weighted by molar-refractivity contribution is 5.46. The molecule has 0 aromatic heterocycles. The summed E-state index contributed by atoms with van der Waals surface area (Å²) in [5.74, 6) is 7.20. The molecule has 0 amide bonds. The predicted molar refractivity (Wildman–Crippen MR) is 102 cm³/mol. The second-order valence-electron chi connectivity index (χ2n) is 6.26. The van der Waals surface area contributed by atoms with Gasteiger partial charge in [-0.1, -0.05) is 88.6 Å². The highest BCUT2D eigenvalue weighted by Gasteiger charge is 2.05. The molecule has 0 nitrogen and oxygen atoms in total. The summed E-state index contributed by atoms with van der Waals surface area (Å²) in [7, 11) is 0. The Hall–Kier alpha value is -2.00. The fraction of sp³-hybridized carbons (Fsp3) is 0.364. The summed E-state index contributed by atoms with van der Waals surface area (Å²) in [4.78, 5) is 0. The number of hydrogen-bond acceptors (Lipinski definition) is 0. The van der Waals surface area contributed by atoms with Gasteiger partial charge in [-0.15, -0.1) is 0 Å². The Morgan fingerprint density at radius 1 is 0.818 bits per heavy atom. The predicted octanol–water partition coefficient (Wildman–Crippen LogP) is 6.42. The highest BCUT2D eigenvalue weighted by atomic mass is 14.1. The lowest BCUT2D eigenvalue weighted by Gasteiger charge is -2.12. The Bertz CT molecular complexity index is 538. The molecule has 0 saturated carbocycles. The molecule has 0 N–H and O–H groups in total. The monoisotopic (exact) mass is 294 g/mol. The lowest BCUT2D eigenvalue weighted by molar-refractivity contribution is 0.494. The first-order valence-corrected chi connectivity index (χ1v) is 7.82. The van der Waals surface area contributed by atoms with Crippen molar-refractivity contribution in [3.05, 3.63) is 72.9 Å². The van der Waals surface area contributed by atoms with Crippen LogP contribution in [-0.2, 0) is 0 Å². The van der Waals surface area contributed by atoms with Gasteiger partial charge in [-0.25, -0.2) is 0 Å². The molecule has 0 radical (unpaired) electrons. The van der Waals surface area contributed by atoms with Crippen LogP contribution in [-0.4, -0.2) is 0 Å². The lowest BCUT2D eigenvalue weighted by atomic mass is 9.93. The molecule has 0 rings (SSSR count). The summed E-state index contributed by atoms with van der Waals surface area (Å²) in [6.07, 6.45) is 10.1. The zero-order valence-electron chi connectivity index (χ0n) is 14.7. The first kappa shape index (κ1) is 20.0. The van der Waals surface area contributed by atoms with Gasteiger partial charge in [0, 0.05) is 11.1 Å². The largest absolute Gasteiger partial charge is 0.0961 e. The minimum atomic E-state index is 0.493. The van der Waals surface area contributed by atoms with Crippen LogP contribution in [0, 0.1) is 23.7 Å². The quantitative estimate of drug-likeness (QED) is 0.358. The number of rotatable bonds is 8. The van der Waals surface area contributed by atoms with Gasteiger partial charge in [0.2, 0.25) is 0 Å². The molecule has 0 aromatic rings. The van der Waals surface area contributed by atoms with Crippen LogP contribution >= 0.6 is 0 Å². The molecule has 22 heavy (non-hydrogen) atoms. The maximum Gasteiger partial charge on any atom is 0.0177 e. The van der Waals surface area contributed by atoms with Crippen LogP contribution in [0.15, 0.2) is 72.9 Å². The molecule has 1 unspecified atom stereocenters. The van der Waals surface area contributed by atoms with Crippen LogP contribution in [0.3, 0.4) is 0 Å². The van der Waals surface area contributed by atoms with Crippen molar-refractivity contribution in [1.29, 1.82) is 0 Å². The molecule has 0 spiro atoms. The first-order valence-electron chi connectivity index (χ1n) is 7.82. The zero-order valence-corrected chi connectivity index (χ0v) is 14.7. The van der Waals surface area contributed by atoms with Crippen LogP contribution in [0.5, 0.6) is 0 Å². The summed E-state index contributed by atoms with van der Waals surface area (Å²) >= 11 is 0. The number of allylic oxidation sites excluding steroid dienone is 8. The molecule has 0 fully saturated rings. The summed E-state index contributed by atoms with van der Waals surface area (Å²) in [6, 6.07) is 0. The van der Waals surface area contributed by atoms with Crippen LogP contribution in [0.1, 0.15) is 40.5 Å². The highest BCUT2D eigenvalue weighted by Crippen LogP contribution is 2.19. The maximum atomic E-state index is 4.13. The second-order valence-corrected chi connectivity index (χ2v) is 6.26. The second kappa shape index (κ2) is 10.7. The summed E-state index contributed by atoms with van der Waals surface area (Å²) in [5.41, 5.74) is 3.63. The first-order chi connectivity index (χ1) is 10.2. The van der Waals surface area contributed by atoms with Crippen molar-refractivity contribution in [3.8, 4) is 11.8 Å². The van der Waals surface area contributed by atoms with E-state index in [1.165, 1.54) is 12.8 Å². The van der Waals surface area contributed by atoms with E-state index in [2.05, 4.69) is 58.9 Å². The van der Waals surface area contributed by atoms with Crippen molar-refractivity contribution in [1.82, 2.24) is 0 Å². The molecule has 0 aromatic carbocycles. The van der Waals surface area contributed by atoms with Gasteiger partial charge in [0.15, 0.2) is 0 Å². The minimum absolute atomic E-state index is 0.493. The Balaban J connectivity index is 4.45. The Morgan fingerprint density at radius 3 is 1.77 bits per heavy atom. The van der Waals surface area contributed by atoms with E-state index in [0.717, 1.165) is 28.2 Å². The van der Waals surface area contributed by atoms with Gasteiger partial charge in [0.05, 0.1) is 0 Å². The van der Waals surface area contributed by atoms with E-state index in [0.29, 0.717) is 5.92 Å². The molecule has 0 saturated heterocycles. The third-order valence-corrected chi connectivity index (χ3v) is 3.26. The average Bonchev–Trinajstić information content (AvgIpc) is 2.45. The van der Waals surface area contributed by atoms with Crippen LogP contribution in [0.2, 0.25) is 0 Å². The van der Waals surface area contributed by atoms with Crippen LogP contribution in [0.25, 0.3) is 0 Å². The van der Waals surface area contributed by atoms with Gasteiger partial charge >= 0.3 is 0 Å². The summed E-state index contributed by atoms with van der Waals surface area (Å²) < 4.78 is 0. The Kier molecular flexibility index (Phi) is 9.72. The third-order valence-electron chi connectivity index (χ3n) is 3.26. The van der Waals surface area contributed by atoms with Gasteiger partial charge in [-0.2, -0.15) is 0 Å². The fourth-order valence-corrected chi connectivity index (χ4v) is 1.63. The molecule has 0 aliphatic carbocycles. The van der Waals surface area contributed by atoms with E-state index in [9.17, 15) is 0 Å². The van der Waals surface area contributed by atoms with Crippen molar-refractivity contribution >= 4 is 0 Å². The van der Waals surface area contributed by atoms with E-state index in [1.807, 2.05) is 31.2 Å². The van der Waals surface area contributed by atoms with Gasteiger partial charge in [0.1, 0.15) is 0 Å². The Morgan fingerprint density at radius 2 is 1.32 bits per heavy atom.